The van der Waals surface area contributed by atoms with E-state index in [2.05, 4.69) is 22.8 Å². The molecule has 0 saturated heterocycles. The predicted molar refractivity (Wildman–Crippen MR) is 82.7 cm³/mol. The van der Waals surface area contributed by atoms with Crippen LogP contribution in [0.3, 0.4) is 0 Å². The van der Waals surface area contributed by atoms with Crippen LogP contribution in [0.1, 0.15) is 37.8 Å². The highest BCUT2D eigenvalue weighted by Gasteiger charge is 2.20. The van der Waals surface area contributed by atoms with Crippen molar-refractivity contribution in [2.45, 2.75) is 32.2 Å². The molecule has 21 heavy (non-hydrogen) atoms. The minimum Gasteiger partial charge on any atom is -0.351 e. The van der Waals surface area contributed by atoms with E-state index in [0.29, 0.717) is 5.69 Å². The van der Waals surface area contributed by atoms with E-state index < -0.39 is 6.03 Å². The van der Waals surface area contributed by atoms with Gasteiger partial charge in [-0.05, 0) is 43.9 Å². The van der Waals surface area contributed by atoms with Crippen LogP contribution in [0.15, 0.2) is 36.4 Å². The number of hydrogen-bond donors (Lipinski definition) is 3. The lowest BCUT2D eigenvalue weighted by Crippen LogP contribution is -2.33. The van der Waals surface area contributed by atoms with Gasteiger partial charge in [-0.25, -0.2) is 4.79 Å². The van der Waals surface area contributed by atoms with Gasteiger partial charge in [-0.2, -0.15) is 0 Å². The van der Waals surface area contributed by atoms with Crippen molar-refractivity contribution in [1.29, 1.82) is 0 Å². The first-order chi connectivity index (χ1) is 10.1. The molecular formula is C16H21N3O2. The molecule has 5 nitrogen and oxygen atoms in total. The van der Waals surface area contributed by atoms with Crippen LogP contribution >= 0.6 is 0 Å². The standard InChI is InChI=1S/C16H21N3O2/c1-11(18-15(20)13-5-3-2-4-6-13)12-7-9-14(10-8-12)19-16(17)21/h2-3,7-11,13H,4-6H2,1H3,(H,18,20)(H3,17,19,21)/t11-,13-/m0/s1. The molecule has 0 heterocycles. The van der Waals surface area contributed by atoms with Crippen LogP contribution in [0.5, 0.6) is 0 Å². The summed E-state index contributed by atoms with van der Waals surface area (Å²) in [6.07, 6.45) is 6.90. The smallest absolute Gasteiger partial charge is 0.316 e. The van der Waals surface area contributed by atoms with Gasteiger partial charge in [0.15, 0.2) is 0 Å². The quantitative estimate of drug-likeness (QED) is 0.744. The third-order valence-electron chi connectivity index (χ3n) is 3.68. The highest BCUT2D eigenvalue weighted by Crippen LogP contribution is 2.21. The molecule has 2 atom stereocenters. The van der Waals surface area contributed by atoms with Crippen molar-refractivity contribution in [1.82, 2.24) is 5.32 Å². The van der Waals surface area contributed by atoms with E-state index in [1.54, 1.807) is 12.1 Å². The lowest BCUT2D eigenvalue weighted by Gasteiger charge is -2.21. The average Bonchev–Trinajstić information content (AvgIpc) is 2.48. The summed E-state index contributed by atoms with van der Waals surface area (Å²) in [5.41, 5.74) is 6.69. The maximum Gasteiger partial charge on any atom is 0.316 e. The van der Waals surface area contributed by atoms with Crippen LogP contribution in [0.25, 0.3) is 0 Å². The number of rotatable bonds is 4. The first kappa shape index (κ1) is 15.1. The number of urea groups is 1. The zero-order valence-electron chi connectivity index (χ0n) is 12.1. The summed E-state index contributed by atoms with van der Waals surface area (Å²) in [5.74, 6) is 0.180. The Hall–Kier alpha value is -2.30. The SMILES string of the molecule is C[C@H](NC(=O)[C@H]1CC=CCC1)c1ccc(NC(N)=O)cc1. The van der Waals surface area contributed by atoms with Crippen molar-refractivity contribution < 1.29 is 9.59 Å². The van der Waals surface area contributed by atoms with Crippen molar-refractivity contribution in [2.75, 3.05) is 5.32 Å². The number of anilines is 1. The van der Waals surface area contributed by atoms with Gasteiger partial charge in [0.1, 0.15) is 0 Å². The fourth-order valence-corrected chi connectivity index (χ4v) is 2.44. The number of carbonyl (C=O) groups is 2. The molecule has 1 aliphatic carbocycles. The molecule has 0 fully saturated rings. The topological polar surface area (TPSA) is 84.2 Å². The Labute approximate surface area is 124 Å². The molecule has 1 aromatic rings. The normalized spacial score (nSPS) is 18.8. The number of hydrogen-bond acceptors (Lipinski definition) is 2. The molecule has 5 heteroatoms. The van der Waals surface area contributed by atoms with E-state index >= 15 is 0 Å². The molecule has 3 amide bonds. The van der Waals surface area contributed by atoms with E-state index in [-0.39, 0.29) is 17.9 Å². The van der Waals surface area contributed by atoms with Gasteiger partial charge in [0.2, 0.25) is 5.91 Å². The molecule has 0 spiro atoms. The van der Waals surface area contributed by atoms with E-state index in [0.717, 1.165) is 24.8 Å². The van der Waals surface area contributed by atoms with Crippen molar-refractivity contribution in [2.24, 2.45) is 11.7 Å². The van der Waals surface area contributed by atoms with Gasteiger partial charge in [0.05, 0.1) is 6.04 Å². The highest BCUT2D eigenvalue weighted by molar-refractivity contribution is 5.87. The predicted octanol–water partition coefficient (Wildman–Crippen LogP) is 2.71. The zero-order valence-corrected chi connectivity index (χ0v) is 12.1. The first-order valence-electron chi connectivity index (χ1n) is 7.18. The second-order valence-corrected chi connectivity index (χ2v) is 5.32. The van der Waals surface area contributed by atoms with Crippen LogP contribution in [0, 0.1) is 5.92 Å². The average molecular weight is 287 g/mol. The van der Waals surface area contributed by atoms with Gasteiger partial charge in [-0.1, -0.05) is 24.3 Å². The Balaban J connectivity index is 1.93. The van der Waals surface area contributed by atoms with E-state index in [1.807, 2.05) is 19.1 Å². The molecule has 1 aliphatic rings. The molecule has 0 saturated carbocycles. The number of carbonyl (C=O) groups excluding carboxylic acids is 2. The summed E-state index contributed by atoms with van der Waals surface area (Å²) >= 11 is 0. The molecule has 0 radical (unpaired) electrons. The summed E-state index contributed by atoms with van der Waals surface area (Å²) in [6, 6.07) is 6.63. The monoisotopic (exact) mass is 287 g/mol. The Morgan fingerprint density at radius 3 is 2.52 bits per heavy atom. The molecule has 0 bridgehead atoms. The number of allylic oxidation sites excluding steroid dienone is 2. The van der Waals surface area contributed by atoms with Gasteiger partial charge in [-0.15, -0.1) is 0 Å². The summed E-state index contributed by atoms with van der Waals surface area (Å²) < 4.78 is 0. The fraction of sp³-hybridized carbons (Fsp3) is 0.375. The zero-order chi connectivity index (χ0) is 15.2. The van der Waals surface area contributed by atoms with Gasteiger partial charge in [0, 0.05) is 11.6 Å². The molecular weight excluding hydrogens is 266 g/mol. The van der Waals surface area contributed by atoms with Crippen molar-refractivity contribution in [3.63, 3.8) is 0 Å². The van der Waals surface area contributed by atoms with Crippen LogP contribution in [0.4, 0.5) is 10.5 Å². The van der Waals surface area contributed by atoms with Crippen molar-refractivity contribution in [3.05, 3.63) is 42.0 Å². The number of nitrogens with one attached hydrogen (secondary N) is 2. The Morgan fingerprint density at radius 2 is 1.95 bits per heavy atom. The maximum absolute atomic E-state index is 12.2. The minimum atomic E-state index is -0.588. The Morgan fingerprint density at radius 1 is 1.24 bits per heavy atom. The number of primary amides is 1. The molecule has 2 rings (SSSR count). The van der Waals surface area contributed by atoms with E-state index in [4.69, 9.17) is 5.73 Å². The molecule has 0 unspecified atom stereocenters. The molecule has 112 valence electrons. The van der Waals surface area contributed by atoms with Gasteiger partial charge in [-0.3, -0.25) is 4.79 Å². The Kier molecular flexibility index (Phi) is 4.98. The number of nitrogens with two attached hydrogens (primary N) is 1. The number of benzene rings is 1. The van der Waals surface area contributed by atoms with Gasteiger partial charge >= 0.3 is 6.03 Å². The van der Waals surface area contributed by atoms with E-state index in [1.165, 1.54) is 0 Å². The third-order valence-corrected chi connectivity index (χ3v) is 3.68. The summed E-state index contributed by atoms with van der Waals surface area (Å²) in [6.45, 7) is 1.95. The molecule has 0 aromatic heterocycles. The minimum absolute atomic E-state index is 0.0639. The maximum atomic E-state index is 12.2. The van der Waals surface area contributed by atoms with Crippen LogP contribution in [-0.2, 0) is 4.79 Å². The summed E-state index contributed by atoms with van der Waals surface area (Å²) in [5, 5.41) is 5.55. The first-order valence-corrected chi connectivity index (χ1v) is 7.18. The number of amides is 3. The summed E-state index contributed by atoms with van der Waals surface area (Å²) in [4.78, 5) is 22.9. The second-order valence-electron chi connectivity index (χ2n) is 5.32. The van der Waals surface area contributed by atoms with Crippen LogP contribution in [0.2, 0.25) is 0 Å². The second kappa shape index (κ2) is 6.92. The molecule has 4 N–H and O–H groups in total. The highest BCUT2D eigenvalue weighted by atomic mass is 16.2. The largest absolute Gasteiger partial charge is 0.351 e. The summed E-state index contributed by atoms with van der Waals surface area (Å²) in [7, 11) is 0. The fourth-order valence-electron chi connectivity index (χ4n) is 2.44. The van der Waals surface area contributed by atoms with Crippen molar-refractivity contribution >= 4 is 17.6 Å². The third kappa shape index (κ3) is 4.34. The molecule has 1 aromatic carbocycles. The lowest BCUT2D eigenvalue weighted by molar-refractivity contribution is -0.125. The van der Waals surface area contributed by atoms with Crippen LogP contribution in [-0.4, -0.2) is 11.9 Å². The van der Waals surface area contributed by atoms with E-state index in [9.17, 15) is 9.59 Å². The lowest BCUT2D eigenvalue weighted by atomic mass is 9.93. The molecule has 0 aliphatic heterocycles. The van der Waals surface area contributed by atoms with Crippen LogP contribution < -0.4 is 16.4 Å². The van der Waals surface area contributed by atoms with Gasteiger partial charge < -0.3 is 16.4 Å². The van der Waals surface area contributed by atoms with Gasteiger partial charge in [0.25, 0.3) is 0 Å². The Bertz CT molecular complexity index is 537. The van der Waals surface area contributed by atoms with Crippen molar-refractivity contribution in [3.8, 4) is 0 Å².